The third kappa shape index (κ3) is 1.03. The van der Waals surface area contributed by atoms with Crippen LogP contribution < -0.4 is 0 Å². The molecule has 2 N–H and O–H groups in total. The van der Waals surface area contributed by atoms with Gasteiger partial charge in [0.15, 0.2) is 0 Å². The Bertz CT molecular complexity index is 277. The largest absolute Gasteiger partial charge is 0.481 e. The van der Waals surface area contributed by atoms with Gasteiger partial charge in [0.05, 0.1) is 11.8 Å². The second kappa shape index (κ2) is 2.43. The molecule has 0 aromatic rings. The number of rotatable bonds is 2. The molecule has 2 aliphatic rings. The zero-order valence-corrected chi connectivity index (χ0v) is 6.68. The molecule has 72 valence electrons. The minimum absolute atomic E-state index is 0.0958. The van der Waals surface area contributed by atoms with Gasteiger partial charge in [-0.25, -0.2) is 4.39 Å². The number of carbonyl (C=O) groups is 2. The van der Waals surface area contributed by atoms with Crippen LogP contribution in [0.2, 0.25) is 0 Å². The summed E-state index contributed by atoms with van der Waals surface area (Å²) in [6, 6.07) is 0. The van der Waals surface area contributed by atoms with Crippen LogP contribution in [0.4, 0.5) is 4.39 Å². The van der Waals surface area contributed by atoms with Gasteiger partial charge in [-0.1, -0.05) is 0 Å². The van der Waals surface area contributed by atoms with Crippen molar-refractivity contribution in [3.8, 4) is 0 Å². The number of fused-ring (bicyclic) bond motifs is 1. The van der Waals surface area contributed by atoms with Crippen LogP contribution in [-0.4, -0.2) is 28.3 Å². The molecule has 0 amide bonds. The second-order valence-corrected chi connectivity index (χ2v) is 3.72. The van der Waals surface area contributed by atoms with E-state index in [4.69, 9.17) is 10.2 Å². The average molecular weight is 188 g/mol. The Morgan fingerprint density at radius 3 is 2.15 bits per heavy atom. The minimum Gasteiger partial charge on any atom is -0.481 e. The molecular weight excluding hydrogens is 179 g/mol. The lowest BCUT2D eigenvalue weighted by atomic mass is 9.98. The number of hydrogen-bond acceptors (Lipinski definition) is 2. The van der Waals surface area contributed by atoms with E-state index in [-0.39, 0.29) is 12.3 Å². The molecule has 5 unspecified atom stereocenters. The number of carboxylic acids is 2. The highest BCUT2D eigenvalue weighted by Gasteiger charge is 2.67. The van der Waals surface area contributed by atoms with Crippen LogP contribution in [0.5, 0.6) is 0 Å². The Hall–Kier alpha value is -1.13. The van der Waals surface area contributed by atoms with Gasteiger partial charge in [-0.3, -0.25) is 9.59 Å². The fourth-order valence-electron chi connectivity index (χ4n) is 2.51. The van der Waals surface area contributed by atoms with Crippen molar-refractivity contribution in [1.82, 2.24) is 0 Å². The molecule has 0 bridgehead atoms. The Balaban J connectivity index is 2.13. The Morgan fingerprint density at radius 2 is 1.69 bits per heavy atom. The van der Waals surface area contributed by atoms with E-state index in [0.29, 0.717) is 0 Å². The van der Waals surface area contributed by atoms with E-state index in [1.54, 1.807) is 0 Å². The molecule has 0 aromatic heterocycles. The quantitative estimate of drug-likeness (QED) is 0.656. The summed E-state index contributed by atoms with van der Waals surface area (Å²) < 4.78 is 13.0. The number of alkyl halides is 1. The van der Waals surface area contributed by atoms with Crippen molar-refractivity contribution in [2.75, 3.05) is 0 Å². The van der Waals surface area contributed by atoms with Gasteiger partial charge < -0.3 is 10.2 Å². The Kier molecular flexibility index (Phi) is 1.58. The van der Waals surface area contributed by atoms with Crippen molar-refractivity contribution in [2.24, 2.45) is 23.7 Å². The summed E-state index contributed by atoms with van der Waals surface area (Å²) in [5.41, 5.74) is 0. The zero-order valence-electron chi connectivity index (χ0n) is 6.68. The smallest absolute Gasteiger partial charge is 0.309 e. The van der Waals surface area contributed by atoms with Gasteiger partial charge >= 0.3 is 11.9 Å². The van der Waals surface area contributed by atoms with Crippen molar-refractivity contribution in [1.29, 1.82) is 0 Å². The first-order valence-corrected chi connectivity index (χ1v) is 4.13. The topological polar surface area (TPSA) is 74.6 Å². The van der Waals surface area contributed by atoms with Crippen LogP contribution in [-0.2, 0) is 9.59 Å². The normalized spacial score (nSPS) is 47.0. The van der Waals surface area contributed by atoms with E-state index in [1.807, 2.05) is 0 Å². The number of carboxylic acid groups (broad SMARTS) is 2. The molecule has 5 atom stereocenters. The summed E-state index contributed by atoms with van der Waals surface area (Å²) in [7, 11) is 0. The highest BCUT2D eigenvalue weighted by atomic mass is 19.1. The molecule has 0 radical (unpaired) electrons. The molecule has 0 spiro atoms. The predicted molar refractivity (Wildman–Crippen MR) is 38.7 cm³/mol. The fraction of sp³-hybridized carbons (Fsp3) is 0.750. The van der Waals surface area contributed by atoms with Crippen molar-refractivity contribution >= 4 is 11.9 Å². The van der Waals surface area contributed by atoms with Crippen molar-refractivity contribution in [3.05, 3.63) is 0 Å². The maximum Gasteiger partial charge on any atom is 0.309 e. The van der Waals surface area contributed by atoms with Gasteiger partial charge in [0.2, 0.25) is 0 Å². The lowest BCUT2D eigenvalue weighted by molar-refractivity contribution is -0.145. The average Bonchev–Trinajstić information content (AvgIpc) is 2.54. The van der Waals surface area contributed by atoms with Crippen LogP contribution in [0.15, 0.2) is 0 Å². The highest BCUT2D eigenvalue weighted by Crippen LogP contribution is 2.61. The monoisotopic (exact) mass is 188 g/mol. The Morgan fingerprint density at radius 1 is 1.15 bits per heavy atom. The summed E-state index contributed by atoms with van der Waals surface area (Å²) >= 11 is 0. The van der Waals surface area contributed by atoms with Gasteiger partial charge in [-0.05, 0) is 18.3 Å². The number of halogens is 1. The van der Waals surface area contributed by atoms with Gasteiger partial charge in [-0.15, -0.1) is 0 Å². The van der Waals surface area contributed by atoms with E-state index in [1.165, 1.54) is 0 Å². The van der Waals surface area contributed by atoms with E-state index >= 15 is 0 Å². The molecule has 0 heterocycles. The molecule has 0 aliphatic heterocycles. The first kappa shape index (κ1) is 8.47. The molecule has 2 aliphatic carbocycles. The van der Waals surface area contributed by atoms with Crippen LogP contribution in [0, 0.1) is 23.7 Å². The summed E-state index contributed by atoms with van der Waals surface area (Å²) in [4.78, 5) is 21.1. The number of aliphatic carboxylic acids is 2. The molecule has 2 rings (SSSR count). The SMILES string of the molecule is O=C(O)C1C(F)CC2C(C(=O)O)C21. The maximum absolute atomic E-state index is 13.0. The van der Waals surface area contributed by atoms with E-state index in [9.17, 15) is 14.0 Å². The van der Waals surface area contributed by atoms with Crippen LogP contribution in [0.3, 0.4) is 0 Å². The summed E-state index contributed by atoms with van der Waals surface area (Å²) in [6.07, 6.45) is -1.26. The first-order chi connectivity index (χ1) is 6.04. The van der Waals surface area contributed by atoms with Crippen LogP contribution in [0.25, 0.3) is 0 Å². The van der Waals surface area contributed by atoms with Gasteiger partial charge in [0.25, 0.3) is 0 Å². The fourth-order valence-corrected chi connectivity index (χ4v) is 2.51. The Labute approximate surface area is 73.4 Å². The third-order valence-corrected chi connectivity index (χ3v) is 3.10. The standard InChI is InChI=1S/C8H9FO4/c9-3-1-2-4(5(2)7(10)11)6(3)8(12)13/h2-6H,1H2,(H,10,11)(H,12,13). The van der Waals surface area contributed by atoms with Gasteiger partial charge in [-0.2, -0.15) is 0 Å². The summed E-state index contributed by atoms with van der Waals surface area (Å²) in [6.45, 7) is 0. The van der Waals surface area contributed by atoms with Crippen molar-refractivity contribution < 1.29 is 24.2 Å². The van der Waals surface area contributed by atoms with Gasteiger partial charge in [0.1, 0.15) is 6.17 Å². The maximum atomic E-state index is 13.0. The lowest BCUT2D eigenvalue weighted by Crippen LogP contribution is -2.26. The lowest BCUT2D eigenvalue weighted by Gasteiger charge is -2.11. The minimum atomic E-state index is -1.36. The molecule has 5 heteroatoms. The van der Waals surface area contributed by atoms with Gasteiger partial charge in [0, 0.05) is 0 Å². The molecule has 0 saturated heterocycles. The van der Waals surface area contributed by atoms with Crippen molar-refractivity contribution in [2.45, 2.75) is 12.6 Å². The molecular formula is C8H9FO4. The highest BCUT2D eigenvalue weighted by molar-refractivity contribution is 5.80. The molecule has 4 nitrogen and oxygen atoms in total. The van der Waals surface area contributed by atoms with E-state index in [0.717, 1.165) is 0 Å². The van der Waals surface area contributed by atoms with Crippen LogP contribution >= 0.6 is 0 Å². The van der Waals surface area contributed by atoms with E-state index < -0.39 is 35.9 Å². The number of hydrogen-bond donors (Lipinski definition) is 2. The predicted octanol–water partition coefficient (Wildman–Crippen LogP) is 0.376. The summed E-state index contributed by atoms with van der Waals surface area (Å²) in [5.74, 6) is -4.62. The van der Waals surface area contributed by atoms with Crippen molar-refractivity contribution in [3.63, 3.8) is 0 Å². The molecule has 2 saturated carbocycles. The second-order valence-electron chi connectivity index (χ2n) is 3.72. The first-order valence-electron chi connectivity index (χ1n) is 4.13. The summed E-state index contributed by atoms with van der Waals surface area (Å²) in [5, 5.41) is 17.3. The molecule has 13 heavy (non-hydrogen) atoms. The zero-order chi connectivity index (χ0) is 9.75. The molecule has 0 aromatic carbocycles. The third-order valence-electron chi connectivity index (χ3n) is 3.10. The van der Waals surface area contributed by atoms with Crippen LogP contribution in [0.1, 0.15) is 6.42 Å². The molecule has 2 fully saturated rings. The van der Waals surface area contributed by atoms with E-state index in [2.05, 4.69) is 0 Å².